The SMILES string of the molecule is COC(=O)COCCOCCCC(=O)c1ccc(C(=O)N2c3cc(C#N)ccc3N(Cc3c(OC)ccc4ccccc34)C(=O)[C@@H](NC(=O)[C@H](C)N(C)C(=O)OC(C)(C)C)[C@@H]2C)cc1. The highest BCUT2D eigenvalue weighted by Crippen LogP contribution is 2.40. The minimum Gasteiger partial charge on any atom is -0.496 e. The number of fused-ring (bicyclic) bond motifs is 2. The van der Waals surface area contributed by atoms with Crippen molar-refractivity contribution in [2.75, 3.05) is 57.5 Å². The molecular weight excluding hydrogens is 823 g/mol. The molecule has 16 nitrogen and oxygen atoms in total. The molecular formula is C48H55N5O11. The van der Waals surface area contributed by atoms with E-state index >= 15 is 4.79 Å². The molecule has 4 aromatic rings. The summed E-state index contributed by atoms with van der Waals surface area (Å²) >= 11 is 0. The normalized spacial score (nSPS) is 15.3. The van der Waals surface area contributed by atoms with Gasteiger partial charge in [-0.25, -0.2) is 9.59 Å². The largest absolute Gasteiger partial charge is 0.496 e. The zero-order valence-corrected chi connectivity index (χ0v) is 37.5. The Morgan fingerprint density at radius 3 is 2.25 bits per heavy atom. The van der Waals surface area contributed by atoms with Crippen LogP contribution >= 0.6 is 0 Å². The van der Waals surface area contributed by atoms with Gasteiger partial charge in [-0.05, 0) is 88.2 Å². The summed E-state index contributed by atoms with van der Waals surface area (Å²) in [6.07, 6.45) is -0.150. The molecule has 0 aliphatic carbocycles. The van der Waals surface area contributed by atoms with E-state index in [-0.39, 0.29) is 62.0 Å². The number of amides is 4. The average Bonchev–Trinajstić information content (AvgIpc) is 3.36. The lowest BCUT2D eigenvalue weighted by molar-refractivity contribution is -0.146. The van der Waals surface area contributed by atoms with Crippen molar-refractivity contribution in [1.29, 1.82) is 5.26 Å². The number of nitrogens with zero attached hydrogens (tertiary/aromatic N) is 4. The average molecular weight is 878 g/mol. The summed E-state index contributed by atoms with van der Waals surface area (Å²) in [4.78, 5) is 85.5. The molecule has 0 saturated heterocycles. The van der Waals surface area contributed by atoms with Crippen LogP contribution in [0.5, 0.6) is 5.75 Å². The first kappa shape index (κ1) is 48.2. The van der Waals surface area contributed by atoms with Gasteiger partial charge in [0.05, 0.1) is 63.0 Å². The van der Waals surface area contributed by atoms with Crippen LogP contribution in [0.2, 0.25) is 0 Å². The second kappa shape index (κ2) is 21.5. The number of hydrogen-bond acceptors (Lipinski definition) is 12. The van der Waals surface area contributed by atoms with Gasteiger partial charge >= 0.3 is 12.1 Å². The summed E-state index contributed by atoms with van der Waals surface area (Å²) in [5, 5.41) is 14.6. The Balaban J connectivity index is 1.49. The minimum absolute atomic E-state index is 0.0538. The Morgan fingerprint density at radius 1 is 0.891 bits per heavy atom. The molecule has 0 radical (unpaired) electrons. The van der Waals surface area contributed by atoms with Crippen molar-refractivity contribution in [1.82, 2.24) is 10.2 Å². The number of anilines is 2. The molecule has 4 aromatic carbocycles. The Bertz CT molecular complexity index is 2410. The molecule has 5 rings (SSSR count). The van der Waals surface area contributed by atoms with Crippen LogP contribution in [0.15, 0.2) is 78.9 Å². The van der Waals surface area contributed by atoms with E-state index in [1.807, 2.05) is 30.3 Å². The number of likely N-dealkylation sites (N-methyl/N-ethyl adjacent to an activating group) is 1. The zero-order chi connectivity index (χ0) is 46.7. The summed E-state index contributed by atoms with van der Waals surface area (Å²) < 4.78 is 26.5. The lowest BCUT2D eigenvalue weighted by atomic mass is 10.0. The lowest BCUT2D eigenvalue weighted by Crippen LogP contribution is -2.60. The monoisotopic (exact) mass is 877 g/mol. The minimum atomic E-state index is -1.38. The number of rotatable bonds is 17. The maximum absolute atomic E-state index is 15.2. The number of carbonyl (C=O) groups is 6. The van der Waals surface area contributed by atoms with Crippen molar-refractivity contribution in [3.63, 3.8) is 0 Å². The molecule has 3 atom stereocenters. The maximum atomic E-state index is 15.2. The predicted molar refractivity (Wildman–Crippen MR) is 238 cm³/mol. The van der Waals surface area contributed by atoms with E-state index < -0.39 is 53.5 Å². The summed E-state index contributed by atoms with van der Waals surface area (Å²) in [7, 11) is 4.22. The first-order chi connectivity index (χ1) is 30.5. The number of hydrogen-bond donors (Lipinski definition) is 1. The van der Waals surface area contributed by atoms with Gasteiger partial charge < -0.3 is 38.8 Å². The van der Waals surface area contributed by atoms with Gasteiger partial charge in [-0.15, -0.1) is 0 Å². The van der Waals surface area contributed by atoms with Gasteiger partial charge in [0.15, 0.2) is 5.78 Å². The summed E-state index contributed by atoms with van der Waals surface area (Å²) in [5.74, 6) is -1.97. The Hall–Kier alpha value is -6.83. The number of nitriles is 1. The van der Waals surface area contributed by atoms with Crippen molar-refractivity contribution < 1.29 is 52.5 Å². The van der Waals surface area contributed by atoms with Crippen LogP contribution in [0.4, 0.5) is 16.2 Å². The number of esters is 1. The fraction of sp³-hybridized carbons (Fsp3) is 0.396. The molecule has 0 unspecified atom stereocenters. The molecule has 4 amide bonds. The third kappa shape index (κ3) is 11.6. The van der Waals surface area contributed by atoms with E-state index in [9.17, 15) is 29.2 Å². The van der Waals surface area contributed by atoms with E-state index in [0.29, 0.717) is 29.0 Å². The Morgan fingerprint density at radius 2 is 1.58 bits per heavy atom. The highest BCUT2D eigenvalue weighted by molar-refractivity contribution is 6.14. The molecule has 16 heteroatoms. The Kier molecular flexibility index (Phi) is 16.2. The first-order valence-corrected chi connectivity index (χ1v) is 20.8. The van der Waals surface area contributed by atoms with E-state index in [1.54, 1.807) is 58.0 Å². The lowest BCUT2D eigenvalue weighted by Gasteiger charge is -2.34. The summed E-state index contributed by atoms with van der Waals surface area (Å²) in [6.45, 7) is 8.73. The molecule has 1 aliphatic rings. The van der Waals surface area contributed by atoms with Crippen LogP contribution < -0.4 is 19.9 Å². The van der Waals surface area contributed by atoms with Gasteiger partial charge in [0, 0.05) is 36.8 Å². The highest BCUT2D eigenvalue weighted by atomic mass is 16.6. The van der Waals surface area contributed by atoms with Gasteiger partial charge in [-0.2, -0.15) is 5.26 Å². The van der Waals surface area contributed by atoms with Gasteiger partial charge in [0.2, 0.25) is 5.91 Å². The second-order valence-electron chi connectivity index (χ2n) is 16.2. The van der Waals surface area contributed by atoms with Crippen LogP contribution in [0, 0.1) is 11.3 Å². The highest BCUT2D eigenvalue weighted by Gasteiger charge is 2.44. The summed E-state index contributed by atoms with van der Waals surface area (Å²) in [6, 6.07) is 20.7. The van der Waals surface area contributed by atoms with Gasteiger partial charge in [0.1, 0.15) is 30.0 Å². The van der Waals surface area contributed by atoms with Gasteiger partial charge in [-0.1, -0.05) is 42.5 Å². The molecule has 1 N–H and O–H groups in total. The van der Waals surface area contributed by atoms with Gasteiger partial charge in [-0.3, -0.25) is 24.1 Å². The molecule has 1 aliphatic heterocycles. The van der Waals surface area contributed by atoms with Crippen LogP contribution in [-0.4, -0.2) is 112 Å². The zero-order valence-electron chi connectivity index (χ0n) is 37.5. The fourth-order valence-electron chi connectivity index (χ4n) is 7.14. The van der Waals surface area contributed by atoms with Crippen molar-refractivity contribution in [2.45, 2.75) is 77.7 Å². The van der Waals surface area contributed by atoms with Crippen molar-refractivity contribution in [3.05, 3.63) is 101 Å². The Labute approximate surface area is 372 Å². The quantitative estimate of drug-likeness (QED) is 0.0717. The van der Waals surface area contributed by atoms with E-state index in [0.717, 1.165) is 15.7 Å². The van der Waals surface area contributed by atoms with Gasteiger partial charge in [0.25, 0.3) is 11.8 Å². The number of Topliss-reactive ketones (excluding diaryl/α,β-unsaturated/α-hetero) is 1. The molecule has 0 aromatic heterocycles. The van der Waals surface area contributed by atoms with Crippen LogP contribution in [0.3, 0.4) is 0 Å². The number of carbonyl (C=O) groups excluding carboxylic acids is 6. The van der Waals surface area contributed by atoms with Crippen LogP contribution in [0.25, 0.3) is 10.8 Å². The standard InChI is InChI=1S/C48H55N5O11/c1-30-43(50-44(56)31(2)51(6)47(59)64-48(3,4)5)46(58)52(28-37-36-13-10-9-12-33(36)20-22-41(37)60-7)38-21-15-32(27-49)26-39(38)53(30)45(57)35-18-16-34(17-19-35)40(54)14-11-23-62-24-25-63-29-42(55)61-8/h9-10,12-13,15-22,26,30-31,43H,11,14,23-25,28-29H2,1-8H3,(H,50,56)/t30-,31-,43-/m0/s1. The van der Waals surface area contributed by atoms with E-state index in [4.69, 9.17) is 18.9 Å². The maximum Gasteiger partial charge on any atom is 0.410 e. The molecule has 338 valence electrons. The molecule has 0 bridgehead atoms. The van der Waals surface area contributed by atoms with E-state index in [2.05, 4.69) is 16.1 Å². The molecule has 64 heavy (non-hydrogen) atoms. The number of ketones is 1. The smallest absolute Gasteiger partial charge is 0.410 e. The molecule has 1 heterocycles. The number of benzene rings is 4. The van der Waals surface area contributed by atoms with Crippen LogP contribution in [-0.2, 0) is 39.9 Å². The number of ether oxygens (including phenoxy) is 5. The molecule has 0 saturated carbocycles. The number of nitrogens with one attached hydrogen (secondary N) is 1. The molecule has 0 spiro atoms. The van der Waals surface area contributed by atoms with Crippen molar-refractivity contribution in [2.24, 2.45) is 0 Å². The fourth-order valence-corrected chi connectivity index (χ4v) is 7.14. The first-order valence-electron chi connectivity index (χ1n) is 20.8. The topological polar surface area (TPSA) is 194 Å². The van der Waals surface area contributed by atoms with Crippen molar-refractivity contribution in [3.8, 4) is 11.8 Å². The third-order valence-electron chi connectivity index (χ3n) is 10.7. The molecule has 0 fully saturated rings. The second-order valence-corrected chi connectivity index (χ2v) is 16.2. The third-order valence-corrected chi connectivity index (χ3v) is 10.7. The van der Waals surface area contributed by atoms with Crippen LogP contribution in [0.1, 0.15) is 79.3 Å². The van der Waals surface area contributed by atoms with Crippen molar-refractivity contribution >= 4 is 57.7 Å². The predicted octanol–water partition coefficient (Wildman–Crippen LogP) is 6.21. The van der Waals surface area contributed by atoms with E-state index in [1.165, 1.54) is 56.2 Å². The summed E-state index contributed by atoms with van der Waals surface area (Å²) in [5.41, 5.74) is 1.11. The number of methoxy groups -OCH3 is 2.